The molecule has 1 aliphatic rings. The summed E-state index contributed by atoms with van der Waals surface area (Å²) in [7, 11) is 2.43. The Labute approximate surface area is 196 Å². The fraction of sp³-hybridized carbons (Fsp3) is 0.440. The van der Waals surface area contributed by atoms with E-state index >= 15 is 0 Å². The van der Waals surface area contributed by atoms with Gasteiger partial charge in [0.15, 0.2) is 0 Å². The molecule has 0 atom stereocenters. The Bertz CT molecular complexity index is 650. The first-order valence-corrected chi connectivity index (χ1v) is 12.2. The number of allylic oxidation sites excluding steroid dienone is 6. The third-order valence-corrected chi connectivity index (χ3v) is 3.80. The maximum atomic E-state index is 5.83. The summed E-state index contributed by atoms with van der Waals surface area (Å²) in [5, 5.41) is 0. The van der Waals surface area contributed by atoms with Gasteiger partial charge in [-0.15, -0.1) is 6.42 Å². The predicted octanol–water partition coefficient (Wildman–Crippen LogP) is 6.80. The molecule has 4 heteroatoms. The fourth-order valence-electron chi connectivity index (χ4n) is 2.10. The van der Waals surface area contributed by atoms with E-state index in [-0.39, 0.29) is 27.1 Å². The van der Waals surface area contributed by atoms with Crippen molar-refractivity contribution in [1.29, 1.82) is 0 Å². The molecule has 1 aliphatic carbocycles. The van der Waals surface area contributed by atoms with Crippen LogP contribution in [0.25, 0.3) is 0 Å². The molecule has 0 saturated heterocycles. The van der Waals surface area contributed by atoms with Crippen LogP contribution in [0.2, 0.25) is 13.1 Å². The first-order chi connectivity index (χ1) is 13.3. The maximum absolute atomic E-state index is 5.83. The van der Waals surface area contributed by atoms with Crippen LogP contribution in [0, 0.1) is 11.5 Å². The molecule has 1 aromatic rings. The molecule has 159 valence electrons. The predicted molar refractivity (Wildman–Crippen MR) is 125 cm³/mol. The molecule has 0 aromatic heterocycles. The van der Waals surface area contributed by atoms with Crippen molar-refractivity contribution < 1.29 is 31.2 Å². The van der Waals surface area contributed by atoms with Gasteiger partial charge in [0.05, 0.1) is 7.11 Å². The Morgan fingerprint density at radius 2 is 1.76 bits per heavy atom. The van der Waals surface area contributed by atoms with E-state index in [1.54, 1.807) is 7.11 Å². The molecular formula is C25H38O2SiTi-. The van der Waals surface area contributed by atoms with E-state index in [1.165, 1.54) is 11.1 Å². The molecule has 2 nitrogen and oxygen atoms in total. The summed E-state index contributed by atoms with van der Waals surface area (Å²) in [6, 6.07) is 9.86. The number of methoxy groups -OCH3 is 1. The molecule has 0 fully saturated rings. The summed E-state index contributed by atoms with van der Waals surface area (Å²) in [5.41, 5.74) is 2.52. The Kier molecular flexibility index (Phi) is 18.1. The molecule has 2 rings (SSSR count). The minimum absolute atomic E-state index is 0. The smallest absolute Gasteiger partial charge is 0.119 e. The van der Waals surface area contributed by atoms with Gasteiger partial charge in [-0.05, 0) is 42.2 Å². The Morgan fingerprint density at radius 1 is 1.17 bits per heavy atom. The van der Waals surface area contributed by atoms with Gasteiger partial charge < -0.3 is 9.47 Å². The Hall–Kier alpha value is -1.29. The molecule has 0 aliphatic heterocycles. The number of benzene rings is 1. The van der Waals surface area contributed by atoms with Crippen LogP contribution >= 0.6 is 0 Å². The molecule has 0 heterocycles. The van der Waals surface area contributed by atoms with Gasteiger partial charge in [0.2, 0.25) is 0 Å². The Morgan fingerprint density at radius 3 is 2.10 bits per heavy atom. The molecule has 0 spiro atoms. The zero-order chi connectivity index (χ0) is 21.4. The van der Waals surface area contributed by atoms with Gasteiger partial charge in [-0.3, -0.25) is 6.08 Å². The van der Waals surface area contributed by atoms with Gasteiger partial charge >= 0.3 is 0 Å². The molecule has 0 bridgehead atoms. The number of rotatable bonds is 5. The van der Waals surface area contributed by atoms with Gasteiger partial charge in [0.25, 0.3) is 0 Å². The van der Waals surface area contributed by atoms with Crippen molar-refractivity contribution >= 4 is 9.52 Å². The SMILES string of the molecule is CC1=[C-]CC=C1.CC=C(C=C(COc1ccccc1)C(C)(C)C)OC.C[SiH]C.[Ti]. The zero-order valence-electron chi connectivity index (χ0n) is 19.5. The second kappa shape index (κ2) is 17.6. The van der Waals surface area contributed by atoms with E-state index in [9.17, 15) is 0 Å². The number of hydrogen-bond donors (Lipinski definition) is 0. The molecular weight excluding hydrogens is 408 g/mol. The molecule has 0 saturated carbocycles. The van der Waals surface area contributed by atoms with E-state index in [0.717, 1.165) is 27.4 Å². The summed E-state index contributed by atoms with van der Waals surface area (Å²) >= 11 is 0. The average Bonchev–Trinajstić information content (AvgIpc) is 3.14. The van der Waals surface area contributed by atoms with Crippen LogP contribution in [0.15, 0.2) is 71.5 Å². The molecule has 0 amide bonds. The van der Waals surface area contributed by atoms with Crippen LogP contribution in [-0.4, -0.2) is 23.2 Å². The summed E-state index contributed by atoms with van der Waals surface area (Å²) in [5.74, 6) is 1.75. The van der Waals surface area contributed by atoms with Gasteiger partial charge in [-0.1, -0.05) is 59.0 Å². The number of para-hydroxylation sites is 1. The van der Waals surface area contributed by atoms with E-state index in [1.807, 2.05) is 43.3 Å². The van der Waals surface area contributed by atoms with Crippen molar-refractivity contribution in [2.45, 2.75) is 54.1 Å². The fourth-order valence-corrected chi connectivity index (χ4v) is 2.10. The molecule has 1 aromatic carbocycles. The quantitative estimate of drug-likeness (QED) is 0.214. The summed E-state index contributed by atoms with van der Waals surface area (Å²) < 4.78 is 11.1. The largest absolute Gasteiger partial charge is 0.497 e. The molecule has 1 radical (unpaired) electrons. The van der Waals surface area contributed by atoms with Crippen LogP contribution in [0.1, 0.15) is 41.0 Å². The van der Waals surface area contributed by atoms with Crippen molar-refractivity contribution in [3.05, 3.63) is 77.6 Å². The minimum atomic E-state index is 0. The van der Waals surface area contributed by atoms with Crippen LogP contribution < -0.4 is 4.74 Å². The van der Waals surface area contributed by atoms with Crippen LogP contribution in [0.5, 0.6) is 5.75 Å². The first kappa shape index (κ1) is 29.9. The third-order valence-electron chi connectivity index (χ3n) is 3.80. The number of hydrogen-bond acceptors (Lipinski definition) is 2. The van der Waals surface area contributed by atoms with E-state index in [2.05, 4.69) is 65.1 Å². The molecule has 0 unspecified atom stereocenters. The van der Waals surface area contributed by atoms with Gasteiger partial charge in [-0.25, -0.2) is 11.6 Å². The minimum Gasteiger partial charge on any atom is -0.497 e. The monoisotopic (exact) mass is 446 g/mol. The summed E-state index contributed by atoms with van der Waals surface area (Å²) in [6.07, 6.45) is 12.3. The van der Waals surface area contributed by atoms with E-state index < -0.39 is 0 Å². The summed E-state index contributed by atoms with van der Waals surface area (Å²) in [6.45, 7) is 15.5. The van der Waals surface area contributed by atoms with Crippen LogP contribution in [0.4, 0.5) is 0 Å². The maximum Gasteiger partial charge on any atom is 0.119 e. The third kappa shape index (κ3) is 15.2. The number of ether oxygens (including phenoxy) is 2. The van der Waals surface area contributed by atoms with Crippen molar-refractivity contribution in [1.82, 2.24) is 0 Å². The van der Waals surface area contributed by atoms with Crippen molar-refractivity contribution in [2.75, 3.05) is 13.7 Å². The van der Waals surface area contributed by atoms with Crippen molar-refractivity contribution in [3.8, 4) is 5.75 Å². The second-order valence-electron chi connectivity index (χ2n) is 7.46. The standard InChI is InChI=1S/C17H24O2.C6H7.C2H7Si.Ti/c1-6-15(18-5)12-14(17(2,3)4)13-19-16-10-8-7-9-11-16;1-6-4-2-3-5-6;1-3-2;/h6-12H,13H2,1-5H3;2,4H,3H2,1H3;3H,1-2H3;/q;-1;;. The first-order valence-electron chi connectivity index (χ1n) is 9.85. The zero-order valence-corrected chi connectivity index (χ0v) is 22.2. The van der Waals surface area contributed by atoms with Crippen molar-refractivity contribution in [3.63, 3.8) is 0 Å². The van der Waals surface area contributed by atoms with Crippen LogP contribution in [0.3, 0.4) is 0 Å². The van der Waals surface area contributed by atoms with E-state index in [0.29, 0.717) is 6.61 Å². The Balaban J connectivity index is 0. The molecule has 29 heavy (non-hydrogen) atoms. The molecule has 0 N–H and O–H groups in total. The van der Waals surface area contributed by atoms with Gasteiger partial charge in [0.1, 0.15) is 18.1 Å². The normalized spacial score (nSPS) is 13.2. The van der Waals surface area contributed by atoms with Crippen LogP contribution in [-0.2, 0) is 26.5 Å². The summed E-state index contributed by atoms with van der Waals surface area (Å²) in [4.78, 5) is 0. The average molecular weight is 447 g/mol. The topological polar surface area (TPSA) is 18.5 Å². The van der Waals surface area contributed by atoms with E-state index in [4.69, 9.17) is 9.47 Å². The van der Waals surface area contributed by atoms with Crippen molar-refractivity contribution in [2.24, 2.45) is 5.41 Å². The van der Waals surface area contributed by atoms with Gasteiger partial charge in [-0.2, -0.15) is 6.08 Å². The van der Waals surface area contributed by atoms with Gasteiger partial charge in [0, 0.05) is 31.2 Å². The second-order valence-corrected chi connectivity index (χ2v) is 8.61.